The maximum Gasteiger partial charge on any atom is 0.300 e. The van der Waals surface area contributed by atoms with E-state index >= 15 is 0 Å². The second kappa shape index (κ2) is 8.69. The first-order valence-electron chi connectivity index (χ1n) is 9.76. The fourth-order valence-electron chi connectivity index (χ4n) is 3.65. The molecular formula is C24H20BrNO4S. The third kappa shape index (κ3) is 3.91. The van der Waals surface area contributed by atoms with Crippen molar-refractivity contribution in [3.63, 3.8) is 0 Å². The molecule has 0 bridgehead atoms. The van der Waals surface area contributed by atoms with E-state index in [2.05, 4.69) is 15.9 Å². The van der Waals surface area contributed by atoms with Crippen LogP contribution in [0.5, 0.6) is 5.75 Å². The van der Waals surface area contributed by atoms with Crippen LogP contribution < -0.4 is 9.64 Å². The van der Waals surface area contributed by atoms with Gasteiger partial charge in [0.1, 0.15) is 17.6 Å². The van der Waals surface area contributed by atoms with Crippen LogP contribution in [0.3, 0.4) is 0 Å². The van der Waals surface area contributed by atoms with Gasteiger partial charge in [0.2, 0.25) is 0 Å². The third-order valence-electron chi connectivity index (χ3n) is 5.10. The Morgan fingerprint density at radius 3 is 2.65 bits per heavy atom. The van der Waals surface area contributed by atoms with Crippen LogP contribution in [-0.2, 0) is 9.59 Å². The number of anilines is 1. The zero-order chi connectivity index (χ0) is 22.1. The largest absolute Gasteiger partial charge is 0.507 e. The summed E-state index contributed by atoms with van der Waals surface area (Å²) in [5.41, 5.74) is 2.02. The monoisotopic (exact) mass is 497 g/mol. The molecule has 1 aliphatic heterocycles. The minimum absolute atomic E-state index is 0.0796. The quantitative estimate of drug-likeness (QED) is 0.273. The molecule has 1 atom stereocenters. The van der Waals surface area contributed by atoms with Crippen LogP contribution in [0.15, 0.2) is 70.0 Å². The van der Waals surface area contributed by atoms with E-state index in [4.69, 9.17) is 4.74 Å². The molecule has 1 N–H and O–H groups in total. The number of aliphatic hydroxyl groups is 1. The molecule has 7 heteroatoms. The second-order valence-corrected chi connectivity index (χ2v) is 8.91. The predicted octanol–water partition coefficient (Wildman–Crippen LogP) is 5.84. The number of hydrogen-bond acceptors (Lipinski definition) is 5. The second-order valence-electron chi connectivity index (χ2n) is 7.08. The van der Waals surface area contributed by atoms with E-state index in [1.807, 2.05) is 37.4 Å². The highest BCUT2D eigenvalue weighted by Crippen LogP contribution is 2.44. The molecule has 0 radical (unpaired) electrons. The molecule has 1 aromatic heterocycles. The number of ether oxygens (including phenoxy) is 1. The highest BCUT2D eigenvalue weighted by atomic mass is 79.9. The molecule has 0 spiro atoms. The number of carbonyl (C=O) groups is 2. The normalized spacial score (nSPS) is 17.9. The standard InChI is InChI=1S/C24H20BrNO4S/c1-3-30-17-7-4-6-16(13-17)26-21(19-8-5-11-31-19)20(23(28)24(26)29)22(27)15-9-10-18(25)14(2)12-15/h4-13,21,27H,3H2,1-2H3/b22-20-. The molecule has 1 unspecified atom stereocenters. The van der Waals surface area contributed by atoms with Gasteiger partial charge in [-0.1, -0.05) is 34.1 Å². The summed E-state index contributed by atoms with van der Waals surface area (Å²) in [6.45, 7) is 4.26. The van der Waals surface area contributed by atoms with Gasteiger partial charge in [-0.25, -0.2) is 0 Å². The molecule has 1 amide bonds. The van der Waals surface area contributed by atoms with Crippen molar-refractivity contribution >= 4 is 50.4 Å². The van der Waals surface area contributed by atoms with E-state index in [9.17, 15) is 14.7 Å². The van der Waals surface area contributed by atoms with E-state index in [1.54, 1.807) is 36.4 Å². The van der Waals surface area contributed by atoms with Gasteiger partial charge in [0.25, 0.3) is 11.7 Å². The van der Waals surface area contributed by atoms with Crippen molar-refractivity contribution in [3.8, 4) is 5.75 Å². The number of nitrogens with zero attached hydrogens (tertiary/aromatic N) is 1. The molecule has 1 saturated heterocycles. The molecule has 1 aliphatic rings. The van der Waals surface area contributed by atoms with Gasteiger partial charge < -0.3 is 9.84 Å². The van der Waals surface area contributed by atoms with Gasteiger partial charge in [0.15, 0.2) is 0 Å². The van der Waals surface area contributed by atoms with E-state index in [1.165, 1.54) is 16.2 Å². The molecule has 3 aromatic rings. The Kier molecular flexibility index (Phi) is 5.98. The van der Waals surface area contributed by atoms with Crippen molar-refractivity contribution in [1.82, 2.24) is 0 Å². The molecule has 0 aliphatic carbocycles. The molecule has 2 heterocycles. The molecule has 0 saturated carbocycles. The van der Waals surface area contributed by atoms with Gasteiger partial charge in [-0.15, -0.1) is 11.3 Å². The zero-order valence-electron chi connectivity index (χ0n) is 17.0. The van der Waals surface area contributed by atoms with E-state index in [0.29, 0.717) is 23.6 Å². The smallest absolute Gasteiger partial charge is 0.300 e. The van der Waals surface area contributed by atoms with Crippen LogP contribution in [0, 0.1) is 6.92 Å². The van der Waals surface area contributed by atoms with Crippen LogP contribution in [0.25, 0.3) is 5.76 Å². The van der Waals surface area contributed by atoms with Crippen molar-refractivity contribution < 1.29 is 19.4 Å². The van der Waals surface area contributed by atoms with Gasteiger partial charge in [-0.05, 0) is 55.1 Å². The van der Waals surface area contributed by atoms with Crippen LogP contribution in [0.2, 0.25) is 0 Å². The number of benzene rings is 2. The molecule has 1 fully saturated rings. The molecular weight excluding hydrogens is 478 g/mol. The summed E-state index contributed by atoms with van der Waals surface area (Å²) in [5.74, 6) is -0.966. The number of thiophene rings is 1. The first-order valence-corrected chi connectivity index (χ1v) is 11.4. The maximum atomic E-state index is 13.1. The van der Waals surface area contributed by atoms with Crippen molar-refractivity contribution in [1.29, 1.82) is 0 Å². The van der Waals surface area contributed by atoms with E-state index < -0.39 is 17.7 Å². The number of carbonyl (C=O) groups excluding carboxylic acids is 2. The lowest BCUT2D eigenvalue weighted by Gasteiger charge is -2.24. The summed E-state index contributed by atoms with van der Waals surface area (Å²) in [5, 5.41) is 13.0. The van der Waals surface area contributed by atoms with Gasteiger partial charge in [0, 0.05) is 26.7 Å². The Hall–Kier alpha value is -2.90. The van der Waals surface area contributed by atoms with Gasteiger partial charge in [-0.3, -0.25) is 14.5 Å². The summed E-state index contributed by atoms with van der Waals surface area (Å²) < 4.78 is 6.47. The van der Waals surface area contributed by atoms with Crippen molar-refractivity contribution in [2.24, 2.45) is 0 Å². The van der Waals surface area contributed by atoms with Crippen LogP contribution in [0.4, 0.5) is 5.69 Å². The molecule has 4 rings (SSSR count). The zero-order valence-corrected chi connectivity index (χ0v) is 19.4. The highest BCUT2D eigenvalue weighted by molar-refractivity contribution is 9.10. The summed E-state index contributed by atoms with van der Waals surface area (Å²) in [6.07, 6.45) is 0. The molecule has 158 valence electrons. The van der Waals surface area contributed by atoms with E-state index in [0.717, 1.165) is 14.9 Å². The number of rotatable bonds is 5. The summed E-state index contributed by atoms with van der Waals surface area (Å²) >= 11 is 4.88. The van der Waals surface area contributed by atoms with Gasteiger partial charge >= 0.3 is 0 Å². The van der Waals surface area contributed by atoms with Crippen LogP contribution >= 0.6 is 27.3 Å². The average Bonchev–Trinajstić information content (AvgIpc) is 3.37. The summed E-state index contributed by atoms with van der Waals surface area (Å²) in [7, 11) is 0. The third-order valence-corrected chi connectivity index (χ3v) is 6.91. The number of hydrogen-bond donors (Lipinski definition) is 1. The number of halogens is 1. The predicted molar refractivity (Wildman–Crippen MR) is 126 cm³/mol. The molecule has 5 nitrogen and oxygen atoms in total. The topological polar surface area (TPSA) is 66.8 Å². The number of aryl methyl sites for hydroxylation is 1. The molecule has 2 aromatic carbocycles. The number of ketones is 1. The fraction of sp³-hybridized carbons (Fsp3) is 0.167. The van der Waals surface area contributed by atoms with Crippen molar-refractivity contribution in [3.05, 3.63) is 86.0 Å². The number of aliphatic hydroxyl groups excluding tert-OH is 1. The summed E-state index contributed by atoms with van der Waals surface area (Å²) in [6, 6.07) is 15.4. The Balaban J connectivity index is 1.90. The minimum Gasteiger partial charge on any atom is -0.507 e. The lowest BCUT2D eigenvalue weighted by Crippen LogP contribution is -2.29. The minimum atomic E-state index is -0.721. The first kappa shape index (κ1) is 21.3. The Morgan fingerprint density at radius 2 is 1.97 bits per heavy atom. The van der Waals surface area contributed by atoms with Crippen molar-refractivity contribution in [2.75, 3.05) is 11.5 Å². The number of Topliss-reactive ketones (excluding diaryl/α,β-unsaturated/α-hetero) is 1. The Morgan fingerprint density at radius 1 is 1.16 bits per heavy atom. The first-order chi connectivity index (χ1) is 14.9. The lowest BCUT2D eigenvalue weighted by atomic mass is 9.99. The van der Waals surface area contributed by atoms with E-state index in [-0.39, 0.29) is 11.3 Å². The average molecular weight is 498 g/mol. The van der Waals surface area contributed by atoms with Crippen molar-refractivity contribution in [2.45, 2.75) is 19.9 Å². The SMILES string of the molecule is CCOc1cccc(N2C(=O)C(=O)/C(=C(\O)c3ccc(Br)c(C)c3)C2c2cccs2)c1. The van der Waals surface area contributed by atoms with Gasteiger partial charge in [0.05, 0.1) is 12.2 Å². The Bertz CT molecular complexity index is 1190. The fourth-order valence-corrected chi connectivity index (χ4v) is 4.72. The van der Waals surface area contributed by atoms with Crippen LogP contribution in [0.1, 0.15) is 29.0 Å². The van der Waals surface area contributed by atoms with Crippen LogP contribution in [-0.4, -0.2) is 23.4 Å². The summed E-state index contributed by atoms with van der Waals surface area (Å²) in [4.78, 5) is 28.5. The van der Waals surface area contributed by atoms with Gasteiger partial charge in [-0.2, -0.15) is 0 Å². The highest BCUT2D eigenvalue weighted by Gasteiger charge is 2.47. The Labute approximate surface area is 192 Å². The number of amides is 1. The lowest BCUT2D eigenvalue weighted by molar-refractivity contribution is -0.132. The molecule has 31 heavy (non-hydrogen) atoms. The maximum absolute atomic E-state index is 13.1.